The molecule has 2 rings (SSSR count). The Hall–Kier alpha value is -0.0800. The first kappa shape index (κ1) is 12.4. The number of piperidine rings is 1. The van der Waals surface area contributed by atoms with Gasteiger partial charge in [-0.1, -0.05) is 20.3 Å². The van der Waals surface area contributed by atoms with Gasteiger partial charge in [-0.05, 0) is 43.4 Å². The number of likely N-dealkylation sites (tertiary alicyclic amines) is 1. The number of hydrogen-bond acceptors (Lipinski definition) is 2. The maximum absolute atomic E-state index is 6.07. The predicted octanol–water partition coefficient (Wildman–Crippen LogP) is 2.48. The average molecular weight is 224 g/mol. The van der Waals surface area contributed by atoms with Crippen LogP contribution in [0.25, 0.3) is 0 Å². The molecule has 1 saturated carbocycles. The Kier molecular flexibility index (Phi) is 4.26. The quantitative estimate of drug-likeness (QED) is 0.781. The van der Waals surface area contributed by atoms with Crippen LogP contribution in [0.5, 0.6) is 0 Å². The number of rotatable bonds is 2. The van der Waals surface area contributed by atoms with E-state index in [2.05, 4.69) is 18.7 Å². The molecule has 4 atom stereocenters. The summed E-state index contributed by atoms with van der Waals surface area (Å²) in [5.74, 6) is 2.66. The molecule has 2 heteroatoms. The van der Waals surface area contributed by atoms with Gasteiger partial charge in [-0.15, -0.1) is 0 Å². The van der Waals surface area contributed by atoms with Gasteiger partial charge in [0.05, 0.1) is 0 Å². The number of nitrogens with zero attached hydrogens (tertiary/aromatic N) is 1. The van der Waals surface area contributed by atoms with Crippen LogP contribution in [0.4, 0.5) is 0 Å². The molecule has 0 aromatic carbocycles. The second-order valence-corrected chi connectivity index (χ2v) is 6.46. The molecule has 0 radical (unpaired) electrons. The fraction of sp³-hybridized carbons (Fsp3) is 1.00. The summed E-state index contributed by atoms with van der Waals surface area (Å²) in [6.45, 7) is 8.74. The molecule has 0 spiro atoms. The van der Waals surface area contributed by atoms with Crippen molar-refractivity contribution in [3.8, 4) is 0 Å². The Morgan fingerprint density at radius 3 is 2.38 bits per heavy atom. The Morgan fingerprint density at radius 2 is 1.75 bits per heavy atom. The van der Waals surface area contributed by atoms with Crippen molar-refractivity contribution in [2.75, 3.05) is 19.6 Å². The zero-order valence-corrected chi connectivity index (χ0v) is 11.0. The van der Waals surface area contributed by atoms with Crippen LogP contribution in [-0.2, 0) is 0 Å². The molecule has 1 heterocycles. The van der Waals surface area contributed by atoms with E-state index in [-0.39, 0.29) is 0 Å². The molecule has 1 aliphatic carbocycles. The first-order valence-corrected chi connectivity index (χ1v) is 7.11. The van der Waals surface area contributed by atoms with Gasteiger partial charge >= 0.3 is 0 Å². The Morgan fingerprint density at radius 1 is 1.06 bits per heavy atom. The third kappa shape index (κ3) is 3.46. The maximum Gasteiger partial charge on any atom is 0.00419 e. The monoisotopic (exact) mass is 224 g/mol. The van der Waals surface area contributed by atoms with Crippen molar-refractivity contribution < 1.29 is 0 Å². The van der Waals surface area contributed by atoms with Gasteiger partial charge in [0, 0.05) is 25.7 Å². The number of hydrogen-bond donors (Lipinski definition) is 1. The van der Waals surface area contributed by atoms with Crippen molar-refractivity contribution in [1.82, 2.24) is 4.90 Å². The Bertz CT molecular complexity index is 207. The molecular weight excluding hydrogens is 196 g/mol. The second kappa shape index (κ2) is 5.50. The summed E-state index contributed by atoms with van der Waals surface area (Å²) >= 11 is 0. The van der Waals surface area contributed by atoms with Crippen molar-refractivity contribution in [1.29, 1.82) is 0 Å². The van der Waals surface area contributed by atoms with Crippen molar-refractivity contribution in [2.24, 2.45) is 23.5 Å². The summed E-state index contributed by atoms with van der Waals surface area (Å²) < 4.78 is 0. The molecule has 0 aromatic rings. The molecule has 1 aliphatic heterocycles. The van der Waals surface area contributed by atoms with E-state index in [4.69, 9.17) is 5.73 Å². The SMILES string of the molecule is CC1CC(C)CN(CC2CCCC(N)C2)C1. The van der Waals surface area contributed by atoms with E-state index in [9.17, 15) is 0 Å². The van der Waals surface area contributed by atoms with Crippen LogP contribution in [-0.4, -0.2) is 30.6 Å². The summed E-state index contributed by atoms with van der Waals surface area (Å²) in [5.41, 5.74) is 6.07. The first-order chi connectivity index (χ1) is 7.63. The van der Waals surface area contributed by atoms with Gasteiger partial charge in [0.15, 0.2) is 0 Å². The first-order valence-electron chi connectivity index (χ1n) is 7.11. The van der Waals surface area contributed by atoms with Crippen LogP contribution >= 0.6 is 0 Å². The van der Waals surface area contributed by atoms with Crippen LogP contribution in [0, 0.1) is 17.8 Å². The lowest BCUT2D eigenvalue weighted by Gasteiger charge is -2.38. The zero-order chi connectivity index (χ0) is 11.5. The van der Waals surface area contributed by atoms with E-state index in [0.29, 0.717) is 6.04 Å². The fourth-order valence-corrected chi connectivity index (χ4v) is 3.80. The predicted molar refractivity (Wildman–Crippen MR) is 69.3 cm³/mol. The molecule has 2 fully saturated rings. The summed E-state index contributed by atoms with van der Waals surface area (Å²) in [6.07, 6.45) is 6.70. The van der Waals surface area contributed by atoms with Gasteiger partial charge in [0.2, 0.25) is 0 Å². The molecule has 0 aromatic heterocycles. The highest BCUT2D eigenvalue weighted by atomic mass is 15.1. The minimum absolute atomic E-state index is 0.485. The third-order valence-corrected chi connectivity index (χ3v) is 4.28. The summed E-state index contributed by atoms with van der Waals surface area (Å²) in [5, 5.41) is 0. The molecule has 4 unspecified atom stereocenters. The average Bonchev–Trinajstić information content (AvgIpc) is 2.15. The molecule has 94 valence electrons. The maximum atomic E-state index is 6.07. The molecule has 2 aliphatic rings. The van der Waals surface area contributed by atoms with Gasteiger partial charge in [-0.2, -0.15) is 0 Å². The molecule has 1 saturated heterocycles. The van der Waals surface area contributed by atoms with E-state index in [1.54, 1.807) is 0 Å². The Labute approximate surface area is 101 Å². The van der Waals surface area contributed by atoms with Crippen LogP contribution in [0.2, 0.25) is 0 Å². The molecule has 0 bridgehead atoms. The van der Waals surface area contributed by atoms with E-state index < -0.39 is 0 Å². The van der Waals surface area contributed by atoms with E-state index in [0.717, 1.165) is 17.8 Å². The van der Waals surface area contributed by atoms with Gasteiger partial charge in [0.1, 0.15) is 0 Å². The molecule has 2 nitrogen and oxygen atoms in total. The summed E-state index contributed by atoms with van der Waals surface area (Å²) in [6, 6.07) is 0.485. The second-order valence-electron chi connectivity index (χ2n) is 6.46. The normalized spacial score (nSPS) is 42.2. The lowest BCUT2D eigenvalue weighted by atomic mass is 9.84. The minimum atomic E-state index is 0.485. The summed E-state index contributed by atoms with van der Waals surface area (Å²) in [7, 11) is 0. The van der Waals surface area contributed by atoms with Crippen molar-refractivity contribution >= 4 is 0 Å². The van der Waals surface area contributed by atoms with Gasteiger partial charge in [-0.3, -0.25) is 0 Å². The van der Waals surface area contributed by atoms with Gasteiger partial charge in [0.25, 0.3) is 0 Å². The standard InChI is InChI=1S/C14H28N2/c1-11-6-12(2)9-16(8-11)10-13-4-3-5-14(15)7-13/h11-14H,3-10,15H2,1-2H3. The topological polar surface area (TPSA) is 29.3 Å². The smallest absolute Gasteiger partial charge is 0.00419 e. The lowest BCUT2D eigenvalue weighted by molar-refractivity contribution is 0.109. The van der Waals surface area contributed by atoms with Crippen LogP contribution < -0.4 is 5.73 Å². The van der Waals surface area contributed by atoms with Crippen LogP contribution in [0.15, 0.2) is 0 Å². The van der Waals surface area contributed by atoms with E-state index in [1.165, 1.54) is 51.7 Å². The lowest BCUT2D eigenvalue weighted by Crippen LogP contribution is -2.43. The third-order valence-electron chi connectivity index (χ3n) is 4.28. The van der Waals surface area contributed by atoms with Crippen molar-refractivity contribution in [3.63, 3.8) is 0 Å². The van der Waals surface area contributed by atoms with E-state index in [1.807, 2.05) is 0 Å². The van der Waals surface area contributed by atoms with Gasteiger partial charge in [-0.25, -0.2) is 0 Å². The largest absolute Gasteiger partial charge is 0.328 e. The van der Waals surface area contributed by atoms with E-state index >= 15 is 0 Å². The summed E-state index contributed by atoms with van der Waals surface area (Å²) in [4.78, 5) is 2.70. The Balaban J connectivity index is 1.79. The van der Waals surface area contributed by atoms with Crippen molar-refractivity contribution in [2.45, 2.75) is 52.0 Å². The van der Waals surface area contributed by atoms with Crippen molar-refractivity contribution in [3.05, 3.63) is 0 Å². The zero-order valence-electron chi connectivity index (χ0n) is 11.0. The van der Waals surface area contributed by atoms with Crippen LogP contribution in [0.1, 0.15) is 46.0 Å². The highest BCUT2D eigenvalue weighted by Crippen LogP contribution is 2.27. The minimum Gasteiger partial charge on any atom is -0.328 e. The fourth-order valence-electron chi connectivity index (χ4n) is 3.80. The highest BCUT2D eigenvalue weighted by molar-refractivity contribution is 4.81. The van der Waals surface area contributed by atoms with Crippen LogP contribution in [0.3, 0.4) is 0 Å². The molecular formula is C14H28N2. The highest BCUT2D eigenvalue weighted by Gasteiger charge is 2.26. The number of nitrogens with two attached hydrogens (primary N) is 1. The molecule has 2 N–H and O–H groups in total. The molecule has 16 heavy (non-hydrogen) atoms. The van der Waals surface area contributed by atoms with Gasteiger partial charge < -0.3 is 10.6 Å². The molecule has 0 amide bonds.